The van der Waals surface area contributed by atoms with Crippen LogP contribution >= 0.6 is 56.8 Å². The van der Waals surface area contributed by atoms with Gasteiger partial charge in [0.2, 0.25) is 0 Å². The molecule has 1 amide bonds. The number of hydrogen-bond acceptors (Lipinski definition) is 2. The average molecular weight is 527 g/mol. The molecule has 21 heavy (non-hydrogen) atoms. The van der Waals surface area contributed by atoms with E-state index >= 15 is 0 Å². The van der Waals surface area contributed by atoms with E-state index in [1.807, 2.05) is 12.1 Å². The topological polar surface area (TPSA) is 66.4 Å². The van der Waals surface area contributed by atoms with Crippen LogP contribution in [0.1, 0.15) is 20.7 Å². The SMILES string of the molecule is O=C(O)c1ccc(NC(=O)c2cc(I)ccc2I)cc1Cl. The first-order valence-corrected chi connectivity index (χ1v) is 8.21. The van der Waals surface area contributed by atoms with Gasteiger partial charge < -0.3 is 10.4 Å². The van der Waals surface area contributed by atoms with Crippen LogP contribution in [-0.2, 0) is 0 Å². The molecule has 0 atom stereocenters. The Morgan fingerprint density at radius 3 is 2.38 bits per heavy atom. The van der Waals surface area contributed by atoms with Crippen molar-refractivity contribution in [1.29, 1.82) is 0 Å². The highest BCUT2D eigenvalue weighted by molar-refractivity contribution is 14.1. The van der Waals surface area contributed by atoms with Crippen molar-refractivity contribution in [1.82, 2.24) is 0 Å². The van der Waals surface area contributed by atoms with E-state index in [-0.39, 0.29) is 16.5 Å². The minimum atomic E-state index is -1.11. The van der Waals surface area contributed by atoms with Crippen LogP contribution in [0.15, 0.2) is 36.4 Å². The summed E-state index contributed by atoms with van der Waals surface area (Å²) < 4.78 is 1.79. The summed E-state index contributed by atoms with van der Waals surface area (Å²) in [6.45, 7) is 0. The first kappa shape index (κ1) is 16.5. The number of rotatable bonds is 3. The minimum Gasteiger partial charge on any atom is -0.478 e. The Labute approximate surface area is 153 Å². The summed E-state index contributed by atoms with van der Waals surface area (Å²) in [7, 11) is 0. The van der Waals surface area contributed by atoms with Gasteiger partial charge in [-0.15, -0.1) is 0 Å². The Morgan fingerprint density at radius 1 is 1.05 bits per heavy atom. The number of carboxylic acid groups (broad SMARTS) is 1. The summed E-state index contributed by atoms with van der Waals surface area (Å²) in [5.41, 5.74) is 1.00. The quantitative estimate of drug-likeness (QED) is 0.578. The third kappa shape index (κ3) is 4.07. The predicted molar refractivity (Wildman–Crippen MR) is 98.2 cm³/mol. The van der Waals surface area contributed by atoms with Crippen LogP contribution in [-0.4, -0.2) is 17.0 Å². The summed E-state index contributed by atoms with van der Waals surface area (Å²) in [4.78, 5) is 23.1. The molecule has 2 N–H and O–H groups in total. The number of carboxylic acids is 1. The highest BCUT2D eigenvalue weighted by Gasteiger charge is 2.13. The van der Waals surface area contributed by atoms with Gasteiger partial charge in [-0.3, -0.25) is 4.79 Å². The van der Waals surface area contributed by atoms with Crippen molar-refractivity contribution in [3.63, 3.8) is 0 Å². The van der Waals surface area contributed by atoms with Gasteiger partial charge in [-0.25, -0.2) is 4.79 Å². The summed E-state index contributed by atoms with van der Waals surface area (Å²) in [5, 5.41) is 11.7. The fourth-order valence-electron chi connectivity index (χ4n) is 1.64. The van der Waals surface area contributed by atoms with Crippen molar-refractivity contribution in [2.24, 2.45) is 0 Å². The van der Waals surface area contributed by atoms with E-state index in [1.54, 1.807) is 6.07 Å². The van der Waals surface area contributed by atoms with E-state index in [1.165, 1.54) is 18.2 Å². The number of nitrogens with one attached hydrogen (secondary N) is 1. The van der Waals surface area contributed by atoms with Gasteiger partial charge >= 0.3 is 5.97 Å². The maximum Gasteiger partial charge on any atom is 0.337 e. The summed E-state index contributed by atoms with van der Waals surface area (Å²) in [5.74, 6) is -1.37. The Bertz CT molecular complexity index is 734. The third-order valence-corrected chi connectivity index (χ3v) is 4.55. The molecule has 0 saturated heterocycles. The van der Waals surface area contributed by atoms with Gasteiger partial charge in [0.25, 0.3) is 5.91 Å². The van der Waals surface area contributed by atoms with Gasteiger partial charge in [0.05, 0.1) is 16.1 Å². The van der Waals surface area contributed by atoms with Gasteiger partial charge in [-0.1, -0.05) is 11.6 Å². The molecule has 0 aliphatic carbocycles. The van der Waals surface area contributed by atoms with Crippen LogP contribution in [0.4, 0.5) is 5.69 Å². The van der Waals surface area contributed by atoms with Crippen molar-refractivity contribution in [3.05, 3.63) is 59.7 Å². The zero-order valence-corrected chi connectivity index (χ0v) is 15.4. The van der Waals surface area contributed by atoms with Gasteiger partial charge in [0, 0.05) is 12.8 Å². The number of anilines is 1. The first-order valence-electron chi connectivity index (χ1n) is 5.67. The normalized spacial score (nSPS) is 10.2. The third-order valence-electron chi connectivity index (χ3n) is 2.63. The molecule has 2 aromatic carbocycles. The van der Waals surface area contributed by atoms with Crippen LogP contribution in [0.25, 0.3) is 0 Å². The lowest BCUT2D eigenvalue weighted by molar-refractivity contribution is 0.0697. The lowest BCUT2D eigenvalue weighted by Crippen LogP contribution is -2.14. The van der Waals surface area contributed by atoms with E-state index in [2.05, 4.69) is 50.5 Å². The van der Waals surface area contributed by atoms with Crippen molar-refractivity contribution in [2.75, 3.05) is 5.32 Å². The Balaban J connectivity index is 2.26. The molecule has 2 aromatic rings. The molecule has 108 valence electrons. The summed E-state index contributed by atoms with van der Waals surface area (Å²) in [6.07, 6.45) is 0. The molecule has 0 aliphatic heterocycles. The molecule has 0 aromatic heterocycles. The first-order chi connectivity index (χ1) is 9.88. The van der Waals surface area contributed by atoms with Crippen LogP contribution in [0.5, 0.6) is 0 Å². The predicted octanol–water partition coefficient (Wildman–Crippen LogP) is 4.50. The molecule has 0 radical (unpaired) electrons. The second kappa shape index (κ2) is 6.93. The monoisotopic (exact) mass is 527 g/mol. The van der Waals surface area contributed by atoms with E-state index in [4.69, 9.17) is 16.7 Å². The molecule has 0 heterocycles. The number of amides is 1. The van der Waals surface area contributed by atoms with Crippen molar-refractivity contribution >= 4 is 74.3 Å². The fraction of sp³-hybridized carbons (Fsp3) is 0. The van der Waals surface area contributed by atoms with Gasteiger partial charge in [-0.05, 0) is 81.6 Å². The zero-order valence-electron chi connectivity index (χ0n) is 10.4. The molecule has 0 spiro atoms. The van der Waals surface area contributed by atoms with Crippen molar-refractivity contribution in [2.45, 2.75) is 0 Å². The van der Waals surface area contributed by atoms with E-state index < -0.39 is 5.97 Å². The highest BCUT2D eigenvalue weighted by Crippen LogP contribution is 2.22. The van der Waals surface area contributed by atoms with Crippen LogP contribution in [0.3, 0.4) is 0 Å². The van der Waals surface area contributed by atoms with Crippen LogP contribution < -0.4 is 5.32 Å². The van der Waals surface area contributed by atoms with Gasteiger partial charge in [-0.2, -0.15) is 0 Å². The number of carbonyl (C=O) groups is 2. The maximum absolute atomic E-state index is 12.2. The van der Waals surface area contributed by atoms with E-state index in [0.717, 1.165) is 7.14 Å². The highest BCUT2D eigenvalue weighted by atomic mass is 127. The lowest BCUT2D eigenvalue weighted by Gasteiger charge is -2.08. The maximum atomic E-state index is 12.2. The Kier molecular flexibility index (Phi) is 5.44. The van der Waals surface area contributed by atoms with E-state index in [0.29, 0.717) is 11.3 Å². The molecule has 7 heteroatoms. The Morgan fingerprint density at radius 2 is 1.76 bits per heavy atom. The zero-order chi connectivity index (χ0) is 15.6. The second-order valence-electron chi connectivity index (χ2n) is 4.08. The van der Waals surface area contributed by atoms with E-state index in [9.17, 15) is 9.59 Å². The number of carbonyl (C=O) groups excluding carboxylic acids is 1. The number of benzene rings is 2. The van der Waals surface area contributed by atoms with Gasteiger partial charge in [0.1, 0.15) is 0 Å². The lowest BCUT2D eigenvalue weighted by atomic mass is 10.2. The second-order valence-corrected chi connectivity index (χ2v) is 6.89. The van der Waals surface area contributed by atoms with Crippen LogP contribution in [0.2, 0.25) is 5.02 Å². The standard InChI is InChI=1S/C14H8ClI2NO3/c15-11-6-8(2-3-9(11)14(20)21)18-13(19)10-5-7(16)1-4-12(10)17/h1-6H,(H,18,19)(H,20,21). The molecule has 2 rings (SSSR count). The molecular formula is C14H8ClI2NO3. The van der Waals surface area contributed by atoms with Gasteiger partial charge in [0.15, 0.2) is 0 Å². The Hall–Kier alpha value is -0.870. The number of aromatic carboxylic acids is 1. The summed E-state index contributed by atoms with van der Waals surface area (Å²) >= 11 is 10.1. The number of halogens is 3. The molecule has 0 saturated carbocycles. The largest absolute Gasteiger partial charge is 0.478 e. The van der Waals surface area contributed by atoms with Crippen LogP contribution in [0, 0.1) is 7.14 Å². The molecule has 0 unspecified atom stereocenters. The molecule has 0 fully saturated rings. The molecule has 0 bridgehead atoms. The molecular weight excluding hydrogens is 519 g/mol. The smallest absolute Gasteiger partial charge is 0.337 e. The number of hydrogen-bond donors (Lipinski definition) is 2. The molecule has 0 aliphatic rings. The molecule has 4 nitrogen and oxygen atoms in total. The average Bonchev–Trinajstić information content (AvgIpc) is 2.41. The summed E-state index contributed by atoms with van der Waals surface area (Å²) in [6, 6.07) is 9.85. The fourth-order valence-corrected chi connectivity index (χ4v) is 2.97. The van der Waals surface area contributed by atoms with Crippen molar-refractivity contribution in [3.8, 4) is 0 Å². The van der Waals surface area contributed by atoms with Crippen molar-refractivity contribution < 1.29 is 14.7 Å². The minimum absolute atomic E-state index is 0.00138.